The predicted molar refractivity (Wildman–Crippen MR) is 131 cm³/mol. The molecular formula is C28H20O8. The Labute approximate surface area is 204 Å². The van der Waals surface area contributed by atoms with Crippen LogP contribution in [0.2, 0.25) is 0 Å². The second-order valence-electron chi connectivity index (χ2n) is 8.14. The molecule has 4 aromatic carbocycles. The van der Waals surface area contributed by atoms with Crippen molar-refractivity contribution < 1.29 is 39.6 Å². The average Bonchev–Trinajstić information content (AvgIpc) is 3.19. The van der Waals surface area contributed by atoms with Crippen LogP contribution in [-0.4, -0.2) is 44.3 Å². The monoisotopic (exact) mass is 484 g/mol. The summed E-state index contributed by atoms with van der Waals surface area (Å²) >= 11 is 0. The Hall–Kier alpha value is -4.98. The maximum atomic E-state index is 11.2. The lowest BCUT2D eigenvalue weighted by molar-refractivity contribution is 0.0684. The molecule has 0 aromatic heterocycles. The van der Waals surface area contributed by atoms with Gasteiger partial charge in [0.05, 0.1) is 22.3 Å². The number of carboxylic acid groups (broad SMARTS) is 4. The molecule has 0 saturated heterocycles. The van der Waals surface area contributed by atoms with E-state index < -0.39 is 23.9 Å². The van der Waals surface area contributed by atoms with Crippen molar-refractivity contribution in [3.63, 3.8) is 0 Å². The zero-order chi connectivity index (χ0) is 26.0. The summed E-state index contributed by atoms with van der Waals surface area (Å²) < 4.78 is 0. The molecule has 0 heterocycles. The summed E-state index contributed by atoms with van der Waals surface area (Å²) in [5.41, 5.74) is 3.23. The van der Waals surface area contributed by atoms with E-state index in [9.17, 15) is 24.3 Å². The van der Waals surface area contributed by atoms with Crippen molar-refractivity contribution in [1.29, 1.82) is 0 Å². The first-order valence-corrected chi connectivity index (χ1v) is 10.9. The quantitative estimate of drug-likeness (QED) is 0.306. The normalized spacial score (nSPS) is 11.4. The maximum Gasteiger partial charge on any atom is 0.336 e. The van der Waals surface area contributed by atoms with E-state index in [1.807, 2.05) is 0 Å². The van der Waals surface area contributed by atoms with Gasteiger partial charge in [-0.1, -0.05) is 48.5 Å². The summed E-state index contributed by atoms with van der Waals surface area (Å²) in [5, 5.41) is 38.0. The summed E-state index contributed by atoms with van der Waals surface area (Å²) in [4.78, 5) is 44.4. The highest BCUT2D eigenvalue weighted by Crippen LogP contribution is 2.34. The fraction of sp³-hybridized carbons (Fsp3) is 0.0714. The van der Waals surface area contributed by atoms with Gasteiger partial charge in [0, 0.05) is 0 Å². The van der Waals surface area contributed by atoms with E-state index in [1.54, 1.807) is 54.6 Å². The highest BCUT2D eigenvalue weighted by Gasteiger charge is 2.24. The Balaban J connectivity index is 0.000000169. The van der Waals surface area contributed by atoms with Crippen LogP contribution in [0, 0.1) is 0 Å². The SMILES string of the molecule is O=C(O)c1ccc2c3c(C(=O)O)c(cc2c1)CC3.O=C(O)c1ccccc1-c1ccccc1C(=O)O. The Bertz CT molecular complexity index is 1500. The second kappa shape index (κ2) is 9.71. The average molecular weight is 484 g/mol. The fourth-order valence-corrected chi connectivity index (χ4v) is 4.47. The van der Waals surface area contributed by atoms with Crippen LogP contribution in [0.15, 0.2) is 72.8 Å². The molecule has 0 aliphatic heterocycles. The number of benzene rings is 4. The minimum absolute atomic E-state index is 0.0891. The second-order valence-corrected chi connectivity index (χ2v) is 8.14. The van der Waals surface area contributed by atoms with Gasteiger partial charge in [-0.15, -0.1) is 0 Å². The van der Waals surface area contributed by atoms with Crippen LogP contribution in [0.3, 0.4) is 0 Å². The van der Waals surface area contributed by atoms with Crippen LogP contribution in [-0.2, 0) is 12.8 Å². The van der Waals surface area contributed by atoms with Gasteiger partial charge in [-0.05, 0) is 70.1 Å². The van der Waals surface area contributed by atoms with E-state index in [1.165, 1.54) is 18.2 Å². The highest BCUT2D eigenvalue weighted by molar-refractivity contribution is 6.03. The van der Waals surface area contributed by atoms with E-state index in [2.05, 4.69) is 0 Å². The van der Waals surface area contributed by atoms with Gasteiger partial charge in [0.25, 0.3) is 0 Å². The van der Waals surface area contributed by atoms with E-state index >= 15 is 0 Å². The van der Waals surface area contributed by atoms with Crippen molar-refractivity contribution >= 4 is 34.6 Å². The summed E-state index contributed by atoms with van der Waals surface area (Å²) in [6.07, 6.45) is 1.43. The smallest absolute Gasteiger partial charge is 0.336 e. The number of hydrogen-bond donors (Lipinski definition) is 4. The van der Waals surface area contributed by atoms with E-state index in [-0.39, 0.29) is 16.7 Å². The molecule has 0 unspecified atom stereocenters. The molecule has 0 radical (unpaired) electrons. The molecule has 1 aliphatic carbocycles. The number of hydrogen-bond acceptors (Lipinski definition) is 4. The van der Waals surface area contributed by atoms with Crippen LogP contribution in [0.25, 0.3) is 21.9 Å². The number of carboxylic acids is 4. The third-order valence-electron chi connectivity index (χ3n) is 6.04. The minimum atomic E-state index is -1.08. The van der Waals surface area contributed by atoms with Gasteiger partial charge in [0.1, 0.15) is 0 Å². The van der Waals surface area contributed by atoms with E-state index in [0.717, 1.165) is 21.9 Å². The van der Waals surface area contributed by atoms with Crippen LogP contribution in [0.4, 0.5) is 0 Å². The van der Waals surface area contributed by atoms with Gasteiger partial charge in [-0.25, -0.2) is 19.2 Å². The van der Waals surface area contributed by atoms with Gasteiger partial charge in [-0.3, -0.25) is 0 Å². The van der Waals surface area contributed by atoms with Crippen LogP contribution >= 0.6 is 0 Å². The van der Waals surface area contributed by atoms with Crippen LogP contribution in [0.5, 0.6) is 0 Å². The fourth-order valence-electron chi connectivity index (χ4n) is 4.47. The first-order valence-electron chi connectivity index (χ1n) is 10.9. The third kappa shape index (κ3) is 4.52. The first-order chi connectivity index (χ1) is 17.2. The summed E-state index contributed by atoms with van der Waals surface area (Å²) in [5.74, 6) is -4.03. The number of rotatable bonds is 5. The molecule has 8 nitrogen and oxygen atoms in total. The predicted octanol–water partition coefficient (Wildman–Crippen LogP) is 5.08. The molecule has 0 atom stereocenters. The lowest BCUT2D eigenvalue weighted by Crippen LogP contribution is -2.03. The van der Waals surface area contributed by atoms with Crippen LogP contribution < -0.4 is 0 Å². The van der Waals surface area contributed by atoms with Crippen molar-refractivity contribution in [3.05, 3.63) is 106 Å². The molecule has 0 spiro atoms. The number of fused-ring (bicyclic) bond motifs is 4. The standard InChI is InChI=1S/2C14H10O4/c15-13(16)8-2-3-10-9(6-8)5-7-1-4-11(10)12(7)14(17)18;15-13(16)11-7-3-1-5-9(11)10-6-2-4-8-12(10)14(17)18/h2-3,5-6H,1,4H2,(H,15,16)(H,17,18);1-8H,(H,15,16)(H,17,18). The molecule has 5 rings (SSSR count). The third-order valence-corrected chi connectivity index (χ3v) is 6.04. The Morgan fingerprint density at radius 3 is 1.64 bits per heavy atom. The van der Waals surface area contributed by atoms with Crippen molar-refractivity contribution in [1.82, 2.24) is 0 Å². The molecule has 0 amide bonds. The van der Waals surface area contributed by atoms with Gasteiger partial charge in [0.15, 0.2) is 0 Å². The van der Waals surface area contributed by atoms with Gasteiger partial charge < -0.3 is 20.4 Å². The maximum absolute atomic E-state index is 11.2. The summed E-state index contributed by atoms with van der Waals surface area (Å²) in [6, 6.07) is 19.3. The van der Waals surface area contributed by atoms with E-state index in [4.69, 9.17) is 15.3 Å². The molecule has 1 aliphatic rings. The van der Waals surface area contributed by atoms with Crippen molar-refractivity contribution in [2.45, 2.75) is 12.8 Å². The van der Waals surface area contributed by atoms with Crippen molar-refractivity contribution in [2.75, 3.05) is 0 Å². The molecule has 4 aromatic rings. The Kier molecular flexibility index (Phi) is 6.52. The Morgan fingerprint density at radius 1 is 0.583 bits per heavy atom. The van der Waals surface area contributed by atoms with E-state index in [0.29, 0.717) is 29.5 Å². The number of aryl methyl sites for hydroxylation is 2. The van der Waals surface area contributed by atoms with Crippen molar-refractivity contribution in [3.8, 4) is 11.1 Å². The molecule has 2 bridgehead atoms. The molecule has 0 fully saturated rings. The molecule has 180 valence electrons. The lowest BCUT2D eigenvalue weighted by atomic mass is 9.95. The molecule has 4 N–H and O–H groups in total. The topological polar surface area (TPSA) is 149 Å². The lowest BCUT2D eigenvalue weighted by Gasteiger charge is -2.08. The molecular weight excluding hydrogens is 464 g/mol. The van der Waals surface area contributed by atoms with Crippen LogP contribution in [0.1, 0.15) is 52.6 Å². The number of aromatic carboxylic acids is 4. The van der Waals surface area contributed by atoms with Gasteiger partial charge in [0.2, 0.25) is 0 Å². The highest BCUT2D eigenvalue weighted by atomic mass is 16.4. The Morgan fingerprint density at radius 2 is 1.14 bits per heavy atom. The number of carbonyl (C=O) groups is 4. The van der Waals surface area contributed by atoms with Gasteiger partial charge >= 0.3 is 23.9 Å². The minimum Gasteiger partial charge on any atom is -0.478 e. The zero-order valence-corrected chi connectivity index (χ0v) is 18.8. The van der Waals surface area contributed by atoms with Crippen molar-refractivity contribution in [2.24, 2.45) is 0 Å². The largest absolute Gasteiger partial charge is 0.478 e. The molecule has 0 saturated carbocycles. The summed E-state index contributed by atoms with van der Waals surface area (Å²) in [6.45, 7) is 0. The zero-order valence-electron chi connectivity index (χ0n) is 18.8. The molecule has 8 heteroatoms. The summed E-state index contributed by atoms with van der Waals surface area (Å²) in [7, 11) is 0. The molecule has 36 heavy (non-hydrogen) atoms. The first kappa shape index (κ1) is 24.2. The van der Waals surface area contributed by atoms with Gasteiger partial charge in [-0.2, -0.15) is 0 Å².